The van der Waals surface area contributed by atoms with E-state index in [2.05, 4.69) is 65.6 Å². The summed E-state index contributed by atoms with van der Waals surface area (Å²) < 4.78 is 1.01. The maximum atomic E-state index is 6.12. The summed E-state index contributed by atoms with van der Waals surface area (Å²) in [6.07, 6.45) is 5.96. The minimum Gasteiger partial charge on any atom is -1.00 e. The Balaban J connectivity index is 0.00000684. The zero-order valence-corrected chi connectivity index (χ0v) is 26.9. The van der Waals surface area contributed by atoms with Crippen molar-refractivity contribution in [2.75, 3.05) is 70.4 Å². The summed E-state index contributed by atoms with van der Waals surface area (Å²) in [5.74, 6) is 2.47. The van der Waals surface area contributed by atoms with Crippen molar-refractivity contribution in [3.8, 4) is 0 Å². The molecular formula is C27H45Cl3N6S2. The number of nitrogens with one attached hydrogen (secondary N) is 1. The number of amidine groups is 1. The first-order chi connectivity index (χ1) is 17.4. The van der Waals surface area contributed by atoms with Crippen molar-refractivity contribution in [1.82, 2.24) is 10.3 Å². The summed E-state index contributed by atoms with van der Waals surface area (Å²) in [6, 6.07) is 14.7. The van der Waals surface area contributed by atoms with Gasteiger partial charge in [0.1, 0.15) is 5.03 Å². The van der Waals surface area contributed by atoms with Crippen LogP contribution in [0.2, 0.25) is 0 Å². The third kappa shape index (κ3) is 17.0. The number of anilines is 1. The number of aliphatic imine (C=N–C) groups is 1. The molecule has 1 aromatic carbocycles. The molecule has 0 aliphatic heterocycles. The zero-order valence-electron chi connectivity index (χ0n) is 23.0. The second kappa shape index (κ2) is 21.9. The molecule has 0 aliphatic carbocycles. The highest BCUT2D eigenvalue weighted by Crippen LogP contribution is 2.29. The van der Waals surface area contributed by atoms with Crippen LogP contribution in [0.3, 0.4) is 0 Å². The van der Waals surface area contributed by atoms with Gasteiger partial charge in [0.2, 0.25) is 0 Å². The van der Waals surface area contributed by atoms with Crippen molar-refractivity contribution in [2.45, 2.75) is 37.3 Å². The van der Waals surface area contributed by atoms with Crippen LogP contribution in [-0.2, 0) is 6.54 Å². The van der Waals surface area contributed by atoms with Gasteiger partial charge in [-0.15, -0.1) is 24.0 Å². The number of alkyl halides is 1. The lowest BCUT2D eigenvalue weighted by Gasteiger charge is -2.29. The molecule has 0 radical (unpaired) electrons. The van der Waals surface area contributed by atoms with E-state index in [9.17, 15) is 0 Å². The fourth-order valence-corrected chi connectivity index (χ4v) is 5.93. The van der Waals surface area contributed by atoms with E-state index in [1.807, 2.05) is 35.2 Å². The molecule has 1 heterocycles. The van der Waals surface area contributed by atoms with Gasteiger partial charge in [0, 0.05) is 76.0 Å². The molecule has 3 N–H and O–H groups in total. The Labute approximate surface area is 255 Å². The molecule has 0 saturated carbocycles. The maximum Gasteiger partial charge on any atom is 0.106 e. The molecule has 0 aliphatic rings. The van der Waals surface area contributed by atoms with Crippen molar-refractivity contribution in [1.29, 1.82) is 0 Å². The number of aromatic nitrogens is 1. The fourth-order valence-electron chi connectivity index (χ4n) is 3.71. The summed E-state index contributed by atoms with van der Waals surface area (Å²) in [6.45, 7) is 5.87. The Morgan fingerprint density at radius 3 is 2.53 bits per heavy atom. The Morgan fingerprint density at radius 2 is 1.84 bits per heavy atom. The first-order valence-electron chi connectivity index (χ1n) is 12.8. The van der Waals surface area contributed by atoms with Crippen molar-refractivity contribution < 1.29 is 16.9 Å². The standard InChI is InChI=1S/C27H44ClN6S2.2ClH/c1-33(19-15-28)25-13-11-24(12-14-25)23-30-16-7-20-34(2,3)21-8-18-31-26(29)9-6-22-35-36-27-10-4-5-17-32-27;;/h4-5,10-14,17,30H,6-9,15-16,18-23H2,1-3H3,(H2,29,31);2*1H/q+1;;/p-1. The van der Waals surface area contributed by atoms with Crippen LogP contribution in [0.1, 0.15) is 31.2 Å². The van der Waals surface area contributed by atoms with Gasteiger partial charge < -0.3 is 32.8 Å². The predicted octanol–water partition coefficient (Wildman–Crippen LogP) is 2.71. The highest BCUT2D eigenvalue weighted by atomic mass is 35.5. The van der Waals surface area contributed by atoms with Gasteiger partial charge in [0.05, 0.1) is 33.0 Å². The molecule has 1 aromatic heterocycles. The van der Waals surface area contributed by atoms with Gasteiger partial charge in [0.15, 0.2) is 0 Å². The normalized spacial score (nSPS) is 11.5. The van der Waals surface area contributed by atoms with Gasteiger partial charge in [-0.25, -0.2) is 4.98 Å². The third-order valence-corrected chi connectivity index (χ3v) is 8.44. The lowest BCUT2D eigenvalue weighted by atomic mass is 10.2. The summed E-state index contributed by atoms with van der Waals surface area (Å²) >= 11 is 5.83. The second-order valence-electron chi connectivity index (χ2n) is 9.59. The lowest BCUT2D eigenvalue weighted by molar-refractivity contribution is -0.890. The van der Waals surface area contributed by atoms with Crippen molar-refractivity contribution >= 4 is 57.1 Å². The molecule has 0 bridgehead atoms. The van der Waals surface area contributed by atoms with Crippen molar-refractivity contribution in [3.05, 3.63) is 54.2 Å². The van der Waals surface area contributed by atoms with E-state index in [1.54, 1.807) is 10.8 Å². The molecular weight excluding hydrogens is 579 g/mol. The van der Waals surface area contributed by atoms with Gasteiger partial charge in [0.25, 0.3) is 0 Å². The topological polar surface area (TPSA) is 66.5 Å². The molecule has 0 fully saturated rings. The van der Waals surface area contributed by atoms with Gasteiger partial charge in [-0.3, -0.25) is 4.99 Å². The van der Waals surface area contributed by atoms with Crippen LogP contribution in [-0.4, -0.2) is 80.8 Å². The van der Waals surface area contributed by atoms with E-state index in [0.717, 1.165) is 86.0 Å². The van der Waals surface area contributed by atoms with Crippen LogP contribution in [0.15, 0.2) is 58.7 Å². The molecule has 6 nitrogen and oxygen atoms in total. The number of nitrogens with two attached hydrogens (primary N) is 1. The molecule has 0 spiro atoms. The number of pyridine rings is 1. The number of hydrogen-bond donors (Lipinski definition) is 2. The minimum absolute atomic E-state index is 0. The highest BCUT2D eigenvalue weighted by Gasteiger charge is 2.13. The average molecular weight is 624 g/mol. The third-order valence-electron chi connectivity index (χ3n) is 5.92. The van der Waals surface area contributed by atoms with Gasteiger partial charge in [-0.2, -0.15) is 0 Å². The SMILES string of the molecule is CN(CCCl)c1ccc(CNCCC[N+](C)(C)CCCN=C(N)CCCSSc2ccccn2)cc1.Cl.[Cl-]. The van der Waals surface area contributed by atoms with Crippen LogP contribution < -0.4 is 28.4 Å². The number of hydrogen-bond acceptors (Lipinski definition) is 6. The smallest absolute Gasteiger partial charge is 0.106 e. The van der Waals surface area contributed by atoms with Crippen LogP contribution in [0.25, 0.3) is 0 Å². The molecule has 2 aromatic rings. The lowest BCUT2D eigenvalue weighted by Crippen LogP contribution is -3.00. The molecule has 216 valence electrons. The molecule has 0 unspecified atom stereocenters. The number of nitrogens with zero attached hydrogens (tertiary/aromatic N) is 4. The summed E-state index contributed by atoms with van der Waals surface area (Å²) in [5.41, 5.74) is 8.64. The quantitative estimate of drug-likeness (QED) is 0.0627. The maximum absolute atomic E-state index is 6.12. The molecule has 2 rings (SSSR count). The molecule has 11 heteroatoms. The van der Waals surface area contributed by atoms with E-state index in [1.165, 1.54) is 11.3 Å². The number of benzene rings is 1. The predicted molar refractivity (Wildman–Crippen MR) is 169 cm³/mol. The van der Waals surface area contributed by atoms with Crippen molar-refractivity contribution in [2.24, 2.45) is 10.7 Å². The highest BCUT2D eigenvalue weighted by molar-refractivity contribution is 8.76. The van der Waals surface area contributed by atoms with E-state index < -0.39 is 0 Å². The zero-order chi connectivity index (χ0) is 26.1. The fraction of sp³-hybridized carbons (Fsp3) is 0.556. The Kier molecular flexibility index (Phi) is 21.4. The van der Waals surface area contributed by atoms with E-state index >= 15 is 0 Å². The monoisotopic (exact) mass is 622 g/mol. The first kappa shape index (κ1) is 37.1. The second-order valence-corrected chi connectivity index (χ2v) is 12.4. The van der Waals surface area contributed by atoms with E-state index in [4.69, 9.17) is 17.3 Å². The van der Waals surface area contributed by atoms with Gasteiger partial charge >= 0.3 is 0 Å². The average Bonchev–Trinajstić information content (AvgIpc) is 2.87. The number of rotatable bonds is 19. The van der Waals surface area contributed by atoms with Crippen molar-refractivity contribution in [3.63, 3.8) is 0 Å². The largest absolute Gasteiger partial charge is 1.00 e. The summed E-state index contributed by atoms with van der Waals surface area (Å²) in [7, 11) is 10.2. The molecule has 0 saturated heterocycles. The first-order valence-corrected chi connectivity index (χ1v) is 15.6. The number of halogens is 3. The van der Waals surface area contributed by atoms with Crippen LogP contribution in [0.5, 0.6) is 0 Å². The van der Waals surface area contributed by atoms with E-state index in [0.29, 0.717) is 5.88 Å². The van der Waals surface area contributed by atoms with Gasteiger partial charge in [-0.05, 0) is 47.0 Å². The molecule has 0 amide bonds. The Bertz CT molecular complexity index is 873. The summed E-state index contributed by atoms with van der Waals surface area (Å²) in [4.78, 5) is 11.1. The van der Waals surface area contributed by atoms with E-state index in [-0.39, 0.29) is 24.8 Å². The van der Waals surface area contributed by atoms with Crippen LogP contribution >= 0.6 is 45.6 Å². The number of quaternary nitrogens is 1. The van der Waals surface area contributed by atoms with Crippen LogP contribution in [0, 0.1) is 0 Å². The minimum atomic E-state index is 0. The summed E-state index contributed by atoms with van der Waals surface area (Å²) in [5, 5.41) is 4.63. The molecule has 38 heavy (non-hydrogen) atoms. The van der Waals surface area contributed by atoms with Gasteiger partial charge in [-0.1, -0.05) is 29.0 Å². The Morgan fingerprint density at radius 1 is 1.11 bits per heavy atom. The van der Waals surface area contributed by atoms with Crippen LogP contribution in [0.4, 0.5) is 5.69 Å². The Hall–Kier alpha value is -0.870. The molecule has 0 atom stereocenters.